The number of hydrogen-bond donors (Lipinski definition) is 0. The Balaban J connectivity index is 1.43. The van der Waals surface area contributed by atoms with Crippen LogP contribution in [0.5, 0.6) is 11.5 Å². The van der Waals surface area contributed by atoms with Crippen molar-refractivity contribution in [3.05, 3.63) is 100 Å². The van der Waals surface area contributed by atoms with Gasteiger partial charge in [0.05, 0.1) is 17.6 Å². The first-order valence-corrected chi connectivity index (χ1v) is 12.2. The van der Waals surface area contributed by atoms with Crippen molar-refractivity contribution >= 4 is 33.2 Å². The van der Waals surface area contributed by atoms with Crippen molar-refractivity contribution in [2.24, 2.45) is 0 Å². The van der Waals surface area contributed by atoms with Crippen molar-refractivity contribution in [3.63, 3.8) is 0 Å². The number of aryl methyl sites for hydroxylation is 2. The summed E-state index contributed by atoms with van der Waals surface area (Å²) in [4.78, 5) is 28.7. The summed E-state index contributed by atoms with van der Waals surface area (Å²) in [6, 6.07) is 23.7. The Morgan fingerprint density at radius 2 is 1.54 bits per heavy atom. The summed E-state index contributed by atoms with van der Waals surface area (Å²) in [6.45, 7) is 3.09. The highest BCUT2D eigenvalue weighted by molar-refractivity contribution is 6.04. The molecule has 0 fully saturated rings. The molecule has 1 aliphatic rings. The van der Waals surface area contributed by atoms with Gasteiger partial charge in [-0.15, -0.1) is 0 Å². The third-order valence-corrected chi connectivity index (χ3v) is 6.89. The van der Waals surface area contributed by atoms with E-state index in [1.54, 1.807) is 4.57 Å². The van der Waals surface area contributed by atoms with Gasteiger partial charge in [0.1, 0.15) is 16.7 Å². The summed E-state index contributed by atoms with van der Waals surface area (Å²) in [5, 5.41) is 0.493. The minimum absolute atomic E-state index is 0.0996. The highest BCUT2D eigenvalue weighted by Crippen LogP contribution is 2.34. The number of fused-ring (bicyclic) bond motifs is 5. The quantitative estimate of drug-likeness (QED) is 0.351. The van der Waals surface area contributed by atoms with Crippen LogP contribution in [0.15, 0.2) is 77.6 Å². The smallest absolute Gasteiger partial charge is 0.265 e. The molecule has 182 valence electrons. The zero-order chi connectivity index (χ0) is 24.9. The molecule has 0 unspecified atom stereocenters. The van der Waals surface area contributed by atoms with E-state index in [2.05, 4.69) is 12.1 Å². The van der Waals surface area contributed by atoms with Gasteiger partial charge in [-0.05, 0) is 48.7 Å². The monoisotopic (exact) mass is 489 g/mol. The molecule has 0 N–H and O–H groups in total. The van der Waals surface area contributed by atoms with E-state index >= 15 is 0 Å². The van der Waals surface area contributed by atoms with Crippen molar-refractivity contribution in [1.82, 2.24) is 24.1 Å². The van der Waals surface area contributed by atoms with Crippen LogP contribution in [0.2, 0.25) is 0 Å². The summed E-state index contributed by atoms with van der Waals surface area (Å²) in [7, 11) is 0. The Hall–Kier alpha value is -4.72. The van der Waals surface area contributed by atoms with Gasteiger partial charge in [0.25, 0.3) is 5.56 Å². The molecule has 8 nitrogen and oxygen atoms in total. The van der Waals surface area contributed by atoms with Crippen molar-refractivity contribution in [3.8, 4) is 11.5 Å². The van der Waals surface area contributed by atoms with E-state index < -0.39 is 0 Å². The van der Waals surface area contributed by atoms with Crippen LogP contribution in [-0.4, -0.2) is 30.9 Å². The average Bonchev–Trinajstić information content (AvgIpc) is 3.50. The molecule has 0 saturated heterocycles. The summed E-state index contributed by atoms with van der Waals surface area (Å²) >= 11 is 0. The van der Waals surface area contributed by atoms with E-state index in [1.165, 1.54) is 5.56 Å². The lowest BCUT2D eigenvalue weighted by Gasteiger charge is -2.11. The molecule has 6 aromatic rings. The minimum Gasteiger partial charge on any atom is -0.454 e. The van der Waals surface area contributed by atoms with Crippen molar-refractivity contribution in [1.29, 1.82) is 0 Å². The second kappa shape index (κ2) is 8.44. The van der Waals surface area contributed by atoms with Crippen LogP contribution in [0.3, 0.4) is 0 Å². The van der Waals surface area contributed by atoms with Gasteiger partial charge >= 0.3 is 0 Å². The largest absolute Gasteiger partial charge is 0.454 e. The maximum absolute atomic E-state index is 13.9. The number of aromatic nitrogens is 5. The molecular formula is C29H23N5O3. The van der Waals surface area contributed by atoms with Gasteiger partial charge in [-0.1, -0.05) is 48.5 Å². The van der Waals surface area contributed by atoms with E-state index in [1.807, 2.05) is 72.2 Å². The molecule has 37 heavy (non-hydrogen) atoms. The van der Waals surface area contributed by atoms with Crippen molar-refractivity contribution < 1.29 is 9.47 Å². The van der Waals surface area contributed by atoms with Crippen LogP contribution in [0.1, 0.15) is 17.0 Å². The number of para-hydroxylation sites is 2. The van der Waals surface area contributed by atoms with Gasteiger partial charge in [-0.25, -0.2) is 15.0 Å². The van der Waals surface area contributed by atoms with E-state index in [-0.39, 0.29) is 12.4 Å². The molecule has 0 saturated carbocycles. The Bertz CT molecular complexity index is 1870. The fourth-order valence-electron chi connectivity index (χ4n) is 5.02. The van der Waals surface area contributed by atoms with E-state index in [9.17, 15) is 4.79 Å². The first kappa shape index (κ1) is 21.6. The summed E-state index contributed by atoms with van der Waals surface area (Å²) in [5.74, 6) is 2.10. The minimum atomic E-state index is -0.0996. The fraction of sp³-hybridized carbons (Fsp3) is 0.172. The molecule has 0 radical (unpaired) electrons. The molecule has 3 aromatic carbocycles. The van der Waals surface area contributed by atoms with E-state index in [0.29, 0.717) is 46.9 Å². The number of rotatable bonds is 5. The van der Waals surface area contributed by atoms with Crippen molar-refractivity contribution in [2.75, 3.05) is 6.79 Å². The molecule has 7 rings (SSSR count). The predicted molar refractivity (Wildman–Crippen MR) is 141 cm³/mol. The molecule has 0 spiro atoms. The highest BCUT2D eigenvalue weighted by Gasteiger charge is 2.22. The van der Waals surface area contributed by atoms with E-state index in [0.717, 1.165) is 28.8 Å². The van der Waals surface area contributed by atoms with Gasteiger partial charge in [-0.3, -0.25) is 9.36 Å². The number of hydrogen-bond acceptors (Lipinski definition) is 6. The van der Waals surface area contributed by atoms with Crippen molar-refractivity contribution in [2.45, 2.75) is 26.4 Å². The first-order valence-electron chi connectivity index (χ1n) is 12.2. The molecular weight excluding hydrogens is 466 g/mol. The SMILES string of the molecule is Cc1nc2c(c(=O)n1CCc1ccccc1)c1nc3ccccc3nc1n2Cc1ccc2c(c1)OCO2. The zero-order valence-electron chi connectivity index (χ0n) is 20.2. The van der Waals surface area contributed by atoms with E-state index in [4.69, 9.17) is 24.4 Å². The topological polar surface area (TPSA) is 84.1 Å². The van der Waals surface area contributed by atoms with Gasteiger partial charge in [0.2, 0.25) is 6.79 Å². The molecule has 0 atom stereocenters. The lowest BCUT2D eigenvalue weighted by atomic mass is 10.1. The maximum atomic E-state index is 13.9. The maximum Gasteiger partial charge on any atom is 0.265 e. The van der Waals surface area contributed by atoms with Crippen LogP contribution in [-0.2, 0) is 19.5 Å². The Labute approximate surface area is 211 Å². The molecule has 0 amide bonds. The highest BCUT2D eigenvalue weighted by atomic mass is 16.7. The fourth-order valence-corrected chi connectivity index (χ4v) is 5.02. The van der Waals surface area contributed by atoms with Crippen LogP contribution >= 0.6 is 0 Å². The molecule has 1 aliphatic heterocycles. The van der Waals surface area contributed by atoms with Crippen LogP contribution in [0.4, 0.5) is 0 Å². The second-order valence-electron chi connectivity index (χ2n) is 9.21. The summed E-state index contributed by atoms with van der Waals surface area (Å²) in [6.07, 6.45) is 0.735. The summed E-state index contributed by atoms with van der Waals surface area (Å²) in [5.41, 5.74) is 5.37. The second-order valence-corrected chi connectivity index (χ2v) is 9.21. The third kappa shape index (κ3) is 3.60. The lowest BCUT2D eigenvalue weighted by molar-refractivity contribution is 0.174. The van der Waals surface area contributed by atoms with Gasteiger partial charge < -0.3 is 14.0 Å². The Morgan fingerprint density at radius 1 is 0.784 bits per heavy atom. The number of nitrogens with zero attached hydrogens (tertiary/aromatic N) is 5. The van der Waals surface area contributed by atoms with Gasteiger partial charge in [-0.2, -0.15) is 0 Å². The Kier molecular flexibility index (Phi) is 4.92. The van der Waals surface area contributed by atoms with Crippen LogP contribution in [0.25, 0.3) is 33.2 Å². The van der Waals surface area contributed by atoms with Gasteiger partial charge in [0.15, 0.2) is 22.8 Å². The van der Waals surface area contributed by atoms with Crippen LogP contribution < -0.4 is 15.0 Å². The predicted octanol–water partition coefficient (Wildman–Crippen LogP) is 4.62. The van der Waals surface area contributed by atoms with Crippen LogP contribution in [0, 0.1) is 6.92 Å². The molecule has 8 heteroatoms. The number of ether oxygens (including phenoxy) is 2. The standard InChI is InChI=1S/C29H23N5O3/c1-18-30-27-25(29(35)33(18)14-13-19-7-3-2-4-8-19)26-28(32-22-10-6-5-9-21(22)31-26)34(27)16-20-11-12-23-24(15-20)37-17-36-23/h2-12,15H,13-14,16-17H2,1H3. The first-order chi connectivity index (χ1) is 18.2. The normalized spacial score (nSPS) is 12.7. The molecule has 0 bridgehead atoms. The Morgan fingerprint density at radius 3 is 2.38 bits per heavy atom. The lowest BCUT2D eigenvalue weighted by Crippen LogP contribution is -2.25. The summed E-state index contributed by atoms with van der Waals surface area (Å²) < 4.78 is 14.8. The molecule has 4 heterocycles. The molecule has 3 aromatic heterocycles. The zero-order valence-corrected chi connectivity index (χ0v) is 20.2. The van der Waals surface area contributed by atoms with Gasteiger partial charge in [0, 0.05) is 6.54 Å². The third-order valence-electron chi connectivity index (χ3n) is 6.89. The number of benzene rings is 3. The molecule has 0 aliphatic carbocycles. The average molecular weight is 490 g/mol.